The van der Waals surface area contributed by atoms with E-state index in [1.54, 1.807) is 31.6 Å². The van der Waals surface area contributed by atoms with Gasteiger partial charge in [-0.1, -0.05) is 12.1 Å². The van der Waals surface area contributed by atoms with Crippen molar-refractivity contribution in [1.29, 1.82) is 0 Å². The number of aromatic nitrogens is 4. The van der Waals surface area contributed by atoms with Crippen LogP contribution in [0.4, 0.5) is 15.9 Å². The molecule has 2 heterocycles. The number of ether oxygens (including phenoxy) is 1. The van der Waals surface area contributed by atoms with Gasteiger partial charge >= 0.3 is 0 Å². The number of nitrogens with zero attached hydrogens (tertiary/aromatic N) is 4. The Labute approximate surface area is 120 Å². The summed E-state index contributed by atoms with van der Waals surface area (Å²) in [5.74, 6) is 0.129. The van der Waals surface area contributed by atoms with Crippen molar-refractivity contribution in [3.05, 3.63) is 42.7 Å². The molecule has 0 saturated carbocycles. The number of hydrogen-bond acceptors (Lipinski definition) is 5. The summed E-state index contributed by atoms with van der Waals surface area (Å²) in [4.78, 5) is 12.7. The zero-order chi connectivity index (χ0) is 14.7. The molecular formula is C14H14FN5O. The number of halogens is 1. The number of hydrogen-bond donors (Lipinski definition) is 1. The Morgan fingerprint density at radius 3 is 2.90 bits per heavy atom. The van der Waals surface area contributed by atoms with Crippen LogP contribution in [0.3, 0.4) is 0 Å². The van der Waals surface area contributed by atoms with Crippen LogP contribution in [-0.2, 0) is 11.3 Å². The summed E-state index contributed by atoms with van der Waals surface area (Å²) < 4.78 is 20.6. The van der Waals surface area contributed by atoms with Gasteiger partial charge in [-0.05, 0) is 12.1 Å². The highest BCUT2D eigenvalue weighted by Crippen LogP contribution is 2.23. The number of rotatable bonds is 5. The average Bonchev–Trinajstić information content (AvgIpc) is 2.92. The SMILES string of the molecule is COCCn1cnc2c(Nc3ccccc3F)ncnc21. The van der Waals surface area contributed by atoms with E-state index in [2.05, 4.69) is 20.3 Å². The molecular weight excluding hydrogens is 273 g/mol. The van der Waals surface area contributed by atoms with Crippen LogP contribution in [0, 0.1) is 5.82 Å². The average molecular weight is 287 g/mol. The van der Waals surface area contributed by atoms with Crippen LogP contribution >= 0.6 is 0 Å². The lowest BCUT2D eigenvalue weighted by Crippen LogP contribution is -2.04. The van der Waals surface area contributed by atoms with Crippen LogP contribution in [0.1, 0.15) is 0 Å². The molecule has 3 rings (SSSR count). The standard InChI is InChI=1S/C14H14FN5O/c1-21-7-6-20-9-18-12-13(16-8-17-14(12)20)19-11-5-3-2-4-10(11)15/h2-5,8-9H,6-7H2,1H3,(H,16,17,19). The zero-order valence-electron chi connectivity index (χ0n) is 11.5. The number of nitrogens with one attached hydrogen (secondary N) is 1. The van der Waals surface area contributed by atoms with Gasteiger partial charge in [-0.3, -0.25) is 0 Å². The van der Waals surface area contributed by atoms with E-state index in [-0.39, 0.29) is 5.82 Å². The highest BCUT2D eigenvalue weighted by molar-refractivity contribution is 5.85. The molecule has 0 aliphatic rings. The lowest BCUT2D eigenvalue weighted by atomic mass is 10.3. The van der Waals surface area contributed by atoms with Crippen molar-refractivity contribution in [2.45, 2.75) is 6.54 Å². The van der Waals surface area contributed by atoms with Gasteiger partial charge in [-0.25, -0.2) is 19.3 Å². The highest BCUT2D eigenvalue weighted by Gasteiger charge is 2.11. The summed E-state index contributed by atoms with van der Waals surface area (Å²) in [5.41, 5.74) is 1.63. The summed E-state index contributed by atoms with van der Waals surface area (Å²) in [6.07, 6.45) is 3.10. The molecule has 0 unspecified atom stereocenters. The molecule has 0 atom stereocenters. The molecule has 0 spiro atoms. The Morgan fingerprint density at radius 1 is 1.24 bits per heavy atom. The van der Waals surface area contributed by atoms with Gasteiger partial charge in [0.1, 0.15) is 12.1 Å². The number of para-hydroxylation sites is 1. The van der Waals surface area contributed by atoms with Gasteiger partial charge in [0.25, 0.3) is 0 Å². The number of benzene rings is 1. The van der Waals surface area contributed by atoms with Crippen molar-refractivity contribution < 1.29 is 9.13 Å². The van der Waals surface area contributed by atoms with Gasteiger partial charge in [-0.2, -0.15) is 0 Å². The maximum atomic E-state index is 13.7. The van der Waals surface area contributed by atoms with E-state index >= 15 is 0 Å². The first-order chi connectivity index (χ1) is 10.3. The molecule has 3 aromatic rings. The number of methoxy groups -OCH3 is 1. The van der Waals surface area contributed by atoms with E-state index in [9.17, 15) is 4.39 Å². The highest BCUT2D eigenvalue weighted by atomic mass is 19.1. The van der Waals surface area contributed by atoms with Crippen LogP contribution in [-0.4, -0.2) is 33.2 Å². The first kappa shape index (κ1) is 13.4. The Hall–Kier alpha value is -2.54. The van der Waals surface area contributed by atoms with Crippen molar-refractivity contribution in [3.8, 4) is 0 Å². The van der Waals surface area contributed by atoms with Crippen molar-refractivity contribution in [1.82, 2.24) is 19.5 Å². The smallest absolute Gasteiger partial charge is 0.165 e. The van der Waals surface area contributed by atoms with Crippen molar-refractivity contribution in [2.24, 2.45) is 0 Å². The molecule has 0 aliphatic carbocycles. The minimum absolute atomic E-state index is 0.344. The molecule has 1 aromatic carbocycles. The first-order valence-corrected chi connectivity index (χ1v) is 6.46. The lowest BCUT2D eigenvalue weighted by molar-refractivity contribution is 0.188. The second kappa shape index (κ2) is 5.84. The molecule has 6 nitrogen and oxygen atoms in total. The Morgan fingerprint density at radius 2 is 2.10 bits per heavy atom. The molecule has 0 radical (unpaired) electrons. The topological polar surface area (TPSA) is 64.9 Å². The number of anilines is 2. The van der Waals surface area contributed by atoms with E-state index in [0.29, 0.717) is 35.8 Å². The minimum Gasteiger partial charge on any atom is -0.383 e. The molecule has 0 aliphatic heterocycles. The number of fused-ring (bicyclic) bond motifs is 1. The second-order valence-electron chi connectivity index (χ2n) is 4.43. The normalized spacial score (nSPS) is 11.0. The fraction of sp³-hybridized carbons (Fsp3) is 0.214. The summed E-state index contributed by atoms with van der Waals surface area (Å²) in [5, 5.41) is 2.95. The summed E-state index contributed by atoms with van der Waals surface area (Å²) >= 11 is 0. The van der Waals surface area contributed by atoms with Gasteiger partial charge in [0, 0.05) is 13.7 Å². The molecule has 2 aromatic heterocycles. The molecule has 0 amide bonds. The third-order valence-electron chi connectivity index (χ3n) is 3.06. The predicted molar refractivity (Wildman–Crippen MR) is 76.9 cm³/mol. The quantitative estimate of drug-likeness (QED) is 0.780. The van der Waals surface area contributed by atoms with Gasteiger partial charge in [0.2, 0.25) is 0 Å². The molecule has 0 fully saturated rings. The fourth-order valence-electron chi connectivity index (χ4n) is 2.02. The maximum Gasteiger partial charge on any atom is 0.165 e. The lowest BCUT2D eigenvalue weighted by Gasteiger charge is -2.07. The van der Waals surface area contributed by atoms with Crippen molar-refractivity contribution in [2.75, 3.05) is 19.0 Å². The second-order valence-corrected chi connectivity index (χ2v) is 4.43. The van der Waals surface area contributed by atoms with E-state index in [4.69, 9.17) is 4.74 Å². The first-order valence-electron chi connectivity index (χ1n) is 6.46. The van der Waals surface area contributed by atoms with E-state index in [0.717, 1.165) is 0 Å². The van der Waals surface area contributed by atoms with Gasteiger partial charge in [0.15, 0.2) is 17.0 Å². The molecule has 21 heavy (non-hydrogen) atoms. The molecule has 1 N–H and O–H groups in total. The van der Waals surface area contributed by atoms with Crippen LogP contribution in [0.15, 0.2) is 36.9 Å². The fourth-order valence-corrected chi connectivity index (χ4v) is 2.02. The van der Waals surface area contributed by atoms with E-state index in [1.807, 2.05) is 4.57 Å². The Bertz CT molecular complexity index is 758. The van der Waals surface area contributed by atoms with Gasteiger partial charge in [-0.15, -0.1) is 0 Å². The number of imidazole rings is 1. The van der Waals surface area contributed by atoms with Crippen molar-refractivity contribution in [3.63, 3.8) is 0 Å². The van der Waals surface area contributed by atoms with Crippen LogP contribution in [0.2, 0.25) is 0 Å². The van der Waals surface area contributed by atoms with E-state index in [1.165, 1.54) is 12.4 Å². The minimum atomic E-state index is -0.344. The third kappa shape index (κ3) is 2.68. The molecule has 108 valence electrons. The maximum absolute atomic E-state index is 13.7. The van der Waals surface area contributed by atoms with Crippen molar-refractivity contribution >= 4 is 22.7 Å². The molecule has 0 saturated heterocycles. The van der Waals surface area contributed by atoms with Crippen LogP contribution in [0.5, 0.6) is 0 Å². The Kier molecular flexibility index (Phi) is 3.74. The summed E-state index contributed by atoms with van der Waals surface area (Å²) in [7, 11) is 1.64. The van der Waals surface area contributed by atoms with Gasteiger partial charge < -0.3 is 14.6 Å². The summed E-state index contributed by atoms with van der Waals surface area (Å²) in [6, 6.07) is 6.42. The van der Waals surface area contributed by atoms with Gasteiger partial charge in [0.05, 0.1) is 18.6 Å². The van der Waals surface area contributed by atoms with E-state index < -0.39 is 0 Å². The third-order valence-corrected chi connectivity index (χ3v) is 3.06. The zero-order valence-corrected chi connectivity index (χ0v) is 11.5. The predicted octanol–water partition coefficient (Wildman–Crippen LogP) is 2.36. The monoisotopic (exact) mass is 287 g/mol. The summed E-state index contributed by atoms with van der Waals surface area (Å²) in [6.45, 7) is 1.20. The largest absolute Gasteiger partial charge is 0.383 e. The van der Waals surface area contributed by atoms with Crippen LogP contribution in [0.25, 0.3) is 11.2 Å². The molecule has 0 bridgehead atoms. The van der Waals surface area contributed by atoms with Crippen LogP contribution < -0.4 is 5.32 Å². The molecule has 7 heteroatoms. The Balaban J connectivity index is 1.96.